The molecule has 1 aliphatic rings. The second-order valence-electron chi connectivity index (χ2n) is 1.77. The minimum atomic E-state index is 0. The van der Waals surface area contributed by atoms with Crippen LogP contribution in [-0.2, 0) is 19.5 Å². The molecule has 0 aromatic rings. The van der Waals surface area contributed by atoms with Crippen LogP contribution in [0.1, 0.15) is 27.2 Å². The normalized spacial score (nSPS) is 23.7. The van der Waals surface area contributed by atoms with E-state index in [0.29, 0.717) is 6.04 Å². The van der Waals surface area contributed by atoms with Crippen LogP contribution in [0.2, 0.25) is 0 Å². The van der Waals surface area contributed by atoms with Crippen molar-refractivity contribution in [3.8, 4) is 0 Å². The van der Waals surface area contributed by atoms with Gasteiger partial charge in [0.2, 0.25) is 0 Å². The fourth-order valence-electron chi connectivity index (χ4n) is 0.728. The van der Waals surface area contributed by atoms with Gasteiger partial charge in [-0.2, -0.15) is 6.42 Å². The topological polar surface area (TPSA) is 12.0 Å². The first-order chi connectivity index (χ1) is 3.89. The summed E-state index contributed by atoms with van der Waals surface area (Å²) in [7, 11) is 0. The molecule has 1 atom stereocenters. The molecular formula is C7H16NRu. The Hall–Kier alpha value is 0.583. The van der Waals surface area contributed by atoms with Crippen molar-refractivity contribution in [2.45, 2.75) is 33.2 Å². The Kier molecular flexibility index (Phi) is 11.7. The third-order valence-electron chi connectivity index (χ3n) is 1.13. The van der Waals surface area contributed by atoms with Crippen LogP contribution in [0.15, 0.2) is 0 Å². The fraction of sp³-hybridized carbons (Fsp3) is 0.857. The van der Waals surface area contributed by atoms with Crippen LogP contribution in [0.4, 0.5) is 0 Å². The zero-order chi connectivity index (χ0) is 6.41. The van der Waals surface area contributed by atoms with Gasteiger partial charge in [-0.25, -0.2) is 0 Å². The minimum absolute atomic E-state index is 0. The van der Waals surface area contributed by atoms with Crippen molar-refractivity contribution in [1.82, 2.24) is 5.32 Å². The second-order valence-corrected chi connectivity index (χ2v) is 1.77. The zero-order valence-electron chi connectivity index (χ0n) is 6.42. The van der Waals surface area contributed by atoms with Crippen molar-refractivity contribution >= 4 is 0 Å². The van der Waals surface area contributed by atoms with E-state index in [9.17, 15) is 0 Å². The van der Waals surface area contributed by atoms with Crippen LogP contribution in [-0.4, -0.2) is 12.6 Å². The first-order valence-corrected chi connectivity index (χ1v) is 3.46. The molecule has 57 valence electrons. The average Bonchev–Trinajstić information content (AvgIpc) is 2.24. The molecular weight excluding hydrogens is 199 g/mol. The molecule has 9 heavy (non-hydrogen) atoms. The Balaban J connectivity index is 0. The molecule has 0 saturated carbocycles. The summed E-state index contributed by atoms with van der Waals surface area (Å²) in [5, 5.41) is 3.26. The summed E-state index contributed by atoms with van der Waals surface area (Å²) in [6, 6.07) is 0.671. The molecule has 2 heteroatoms. The van der Waals surface area contributed by atoms with E-state index in [-0.39, 0.29) is 19.5 Å². The van der Waals surface area contributed by atoms with Crippen LogP contribution in [0.5, 0.6) is 0 Å². The van der Waals surface area contributed by atoms with Crippen molar-refractivity contribution in [3.63, 3.8) is 0 Å². The first-order valence-electron chi connectivity index (χ1n) is 3.46. The van der Waals surface area contributed by atoms with Gasteiger partial charge < -0.3 is 11.7 Å². The van der Waals surface area contributed by atoms with Gasteiger partial charge >= 0.3 is 19.5 Å². The maximum Gasteiger partial charge on any atom is 1.00 e. The molecule has 1 N–H and O–H groups in total. The zero-order valence-corrected chi connectivity index (χ0v) is 8.16. The third kappa shape index (κ3) is 6.47. The van der Waals surface area contributed by atoms with E-state index in [4.69, 9.17) is 0 Å². The van der Waals surface area contributed by atoms with Gasteiger partial charge in [0.15, 0.2) is 0 Å². The Labute approximate surface area is 71.4 Å². The summed E-state index contributed by atoms with van der Waals surface area (Å²) in [6.45, 7) is 7.36. The van der Waals surface area contributed by atoms with Crippen LogP contribution in [0.25, 0.3) is 0 Å². The summed E-state index contributed by atoms with van der Waals surface area (Å²) in [6.07, 6.45) is 3.54. The summed E-state index contributed by atoms with van der Waals surface area (Å²) in [5.41, 5.74) is 0. The van der Waals surface area contributed by atoms with Crippen LogP contribution in [0, 0.1) is 6.42 Å². The standard InChI is InChI=1S/C5H10N.C2H6.Ru/c1-5-3-2-4-6-5;1-2;/h3,5-6H,2,4H2,1H3;1-2H3;/q-1;;+1. The van der Waals surface area contributed by atoms with Gasteiger partial charge in [0.05, 0.1) is 0 Å². The molecule has 1 nitrogen and oxygen atoms in total. The van der Waals surface area contributed by atoms with Crippen LogP contribution in [0.3, 0.4) is 0 Å². The van der Waals surface area contributed by atoms with Gasteiger partial charge in [0.25, 0.3) is 0 Å². The van der Waals surface area contributed by atoms with E-state index in [1.807, 2.05) is 13.8 Å². The van der Waals surface area contributed by atoms with Crippen molar-refractivity contribution in [1.29, 1.82) is 0 Å². The van der Waals surface area contributed by atoms with Crippen molar-refractivity contribution in [2.75, 3.05) is 6.54 Å². The monoisotopic (exact) mass is 216 g/mol. The van der Waals surface area contributed by atoms with E-state index >= 15 is 0 Å². The summed E-state index contributed by atoms with van der Waals surface area (Å²) >= 11 is 0. The molecule has 1 saturated heterocycles. The molecule has 1 aliphatic heterocycles. The van der Waals surface area contributed by atoms with Crippen molar-refractivity contribution in [3.05, 3.63) is 6.42 Å². The largest absolute Gasteiger partial charge is 1.00 e. The second kappa shape index (κ2) is 8.58. The maximum absolute atomic E-state index is 3.26. The molecule has 1 rings (SSSR count). The van der Waals surface area contributed by atoms with E-state index in [2.05, 4.69) is 18.7 Å². The number of nitrogens with one attached hydrogen (secondary N) is 1. The van der Waals surface area contributed by atoms with E-state index in [1.54, 1.807) is 0 Å². The van der Waals surface area contributed by atoms with Gasteiger partial charge in [0.1, 0.15) is 0 Å². The Morgan fingerprint density at radius 2 is 2.00 bits per heavy atom. The molecule has 1 heterocycles. The predicted octanol–water partition coefficient (Wildman–Crippen LogP) is 1.60. The third-order valence-corrected chi connectivity index (χ3v) is 1.13. The van der Waals surface area contributed by atoms with Crippen molar-refractivity contribution in [2.24, 2.45) is 0 Å². The molecule has 0 amide bonds. The maximum atomic E-state index is 3.26. The van der Waals surface area contributed by atoms with Gasteiger partial charge in [-0.15, -0.1) is 6.04 Å². The Morgan fingerprint density at radius 1 is 1.44 bits per heavy atom. The summed E-state index contributed by atoms with van der Waals surface area (Å²) < 4.78 is 0. The predicted molar refractivity (Wildman–Crippen MR) is 37.7 cm³/mol. The molecule has 1 radical (unpaired) electrons. The Morgan fingerprint density at radius 3 is 2.11 bits per heavy atom. The summed E-state index contributed by atoms with van der Waals surface area (Å²) in [5.74, 6) is 0. The first kappa shape index (κ1) is 12.3. The summed E-state index contributed by atoms with van der Waals surface area (Å²) in [4.78, 5) is 0. The van der Waals surface area contributed by atoms with Gasteiger partial charge in [0, 0.05) is 0 Å². The Bertz CT molecular complexity index is 42.2. The molecule has 1 unspecified atom stereocenters. The van der Waals surface area contributed by atoms with Gasteiger partial charge in [-0.05, 0) is 6.54 Å². The average molecular weight is 215 g/mol. The smallest absolute Gasteiger partial charge is 0.346 e. The molecule has 0 bridgehead atoms. The van der Waals surface area contributed by atoms with E-state index < -0.39 is 0 Å². The SMILES string of the molecule is CC.CC1[CH-]CCN1.[Ru+]. The quantitative estimate of drug-likeness (QED) is 0.478. The molecule has 0 aliphatic carbocycles. The van der Waals surface area contributed by atoms with Gasteiger partial charge in [-0.1, -0.05) is 20.8 Å². The van der Waals surface area contributed by atoms with E-state index in [0.717, 1.165) is 0 Å². The van der Waals surface area contributed by atoms with Gasteiger partial charge in [-0.3, -0.25) is 0 Å². The number of hydrogen-bond acceptors (Lipinski definition) is 1. The molecule has 0 aromatic heterocycles. The van der Waals surface area contributed by atoms with Crippen LogP contribution < -0.4 is 5.32 Å². The fourth-order valence-corrected chi connectivity index (χ4v) is 0.728. The van der Waals surface area contributed by atoms with Crippen LogP contribution >= 0.6 is 0 Å². The van der Waals surface area contributed by atoms with E-state index in [1.165, 1.54) is 13.0 Å². The van der Waals surface area contributed by atoms with Crippen molar-refractivity contribution < 1.29 is 19.5 Å². The molecule has 0 aromatic carbocycles. The molecule has 1 fully saturated rings. The number of hydrogen-bond donors (Lipinski definition) is 1. The molecule has 0 spiro atoms. The minimum Gasteiger partial charge on any atom is -0.346 e. The number of rotatable bonds is 0.